The Morgan fingerprint density at radius 1 is 1.40 bits per heavy atom. The van der Waals surface area contributed by atoms with E-state index in [4.69, 9.17) is 4.74 Å². The third-order valence-electron chi connectivity index (χ3n) is 2.15. The number of methoxy groups -OCH3 is 1. The number of nitrogens with one attached hydrogen (secondary N) is 1. The predicted molar refractivity (Wildman–Crippen MR) is 69.7 cm³/mol. The number of rotatable bonds is 5. The highest BCUT2D eigenvalue weighted by molar-refractivity contribution is 8.93. The first-order valence-electron chi connectivity index (χ1n) is 5.00. The minimum atomic E-state index is 0. The van der Waals surface area contributed by atoms with Crippen LogP contribution >= 0.6 is 17.0 Å². The van der Waals surface area contributed by atoms with Gasteiger partial charge in [0.05, 0.1) is 6.61 Å². The summed E-state index contributed by atoms with van der Waals surface area (Å²) in [5, 5.41) is 3.40. The zero-order chi connectivity index (χ0) is 10.4. The first-order chi connectivity index (χ1) is 6.72. The van der Waals surface area contributed by atoms with Gasteiger partial charge in [0.2, 0.25) is 0 Å². The molecule has 0 aromatic heterocycles. The lowest BCUT2D eigenvalue weighted by atomic mass is 10.1. The summed E-state index contributed by atoms with van der Waals surface area (Å²) in [6, 6.07) is 8.95. The van der Waals surface area contributed by atoms with Crippen LogP contribution in [-0.2, 0) is 11.3 Å². The average Bonchev–Trinajstić information content (AvgIpc) is 2.15. The van der Waals surface area contributed by atoms with E-state index in [9.17, 15) is 0 Å². The molecule has 0 aliphatic heterocycles. The molecule has 1 N–H and O–H groups in total. The molecule has 0 fully saturated rings. The summed E-state index contributed by atoms with van der Waals surface area (Å²) in [6.07, 6.45) is 0. The zero-order valence-electron chi connectivity index (χ0n) is 9.62. The van der Waals surface area contributed by atoms with Crippen LogP contribution in [0.5, 0.6) is 0 Å². The molecule has 0 aliphatic carbocycles. The topological polar surface area (TPSA) is 21.3 Å². The second-order valence-corrected chi connectivity index (χ2v) is 3.73. The average molecular weight is 274 g/mol. The van der Waals surface area contributed by atoms with Crippen molar-refractivity contribution >= 4 is 17.0 Å². The van der Waals surface area contributed by atoms with Gasteiger partial charge in [0.25, 0.3) is 0 Å². The molecule has 0 bridgehead atoms. The van der Waals surface area contributed by atoms with E-state index in [0.29, 0.717) is 6.04 Å². The highest BCUT2D eigenvalue weighted by Gasteiger charge is 1.99. The molecule has 15 heavy (non-hydrogen) atoms. The minimum absolute atomic E-state index is 0. The number of halogens is 1. The third kappa shape index (κ3) is 5.92. The molecule has 1 aromatic rings. The lowest BCUT2D eigenvalue weighted by Gasteiger charge is -2.12. The van der Waals surface area contributed by atoms with Crippen LogP contribution in [0.1, 0.15) is 18.1 Å². The summed E-state index contributed by atoms with van der Waals surface area (Å²) in [4.78, 5) is 0. The molecule has 0 aliphatic rings. The van der Waals surface area contributed by atoms with Crippen LogP contribution < -0.4 is 5.32 Å². The van der Waals surface area contributed by atoms with E-state index >= 15 is 0 Å². The lowest BCUT2D eigenvalue weighted by Crippen LogP contribution is -2.29. The van der Waals surface area contributed by atoms with Crippen molar-refractivity contribution in [3.63, 3.8) is 0 Å². The van der Waals surface area contributed by atoms with E-state index < -0.39 is 0 Å². The van der Waals surface area contributed by atoms with Crippen molar-refractivity contribution in [3.8, 4) is 0 Å². The van der Waals surface area contributed by atoms with Crippen molar-refractivity contribution in [2.75, 3.05) is 13.7 Å². The van der Waals surface area contributed by atoms with Gasteiger partial charge in [0.1, 0.15) is 0 Å². The van der Waals surface area contributed by atoms with Crippen molar-refractivity contribution in [2.45, 2.75) is 26.4 Å². The summed E-state index contributed by atoms with van der Waals surface area (Å²) in [6.45, 7) is 5.90. The SMILES string of the molecule is Br.COCC(C)NCc1cccc(C)c1. The maximum absolute atomic E-state index is 5.05. The van der Waals surface area contributed by atoms with Crippen molar-refractivity contribution in [1.82, 2.24) is 5.32 Å². The Kier molecular flexibility index (Phi) is 7.65. The molecular formula is C12H20BrNO. The maximum Gasteiger partial charge on any atom is 0.0613 e. The van der Waals surface area contributed by atoms with Gasteiger partial charge >= 0.3 is 0 Å². The van der Waals surface area contributed by atoms with Crippen LogP contribution in [0.2, 0.25) is 0 Å². The summed E-state index contributed by atoms with van der Waals surface area (Å²) in [7, 11) is 1.73. The van der Waals surface area contributed by atoms with Crippen molar-refractivity contribution in [2.24, 2.45) is 0 Å². The maximum atomic E-state index is 5.05. The van der Waals surface area contributed by atoms with Gasteiger partial charge in [-0.1, -0.05) is 29.8 Å². The number of aryl methyl sites for hydroxylation is 1. The molecule has 1 rings (SSSR count). The standard InChI is InChI=1S/C12H19NO.BrH/c1-10-5-4-6-12(7-10)8-13-11(2)9-14-3;/h4-7,11,13H,8-9H2,1-3H3;1H. The van der Waals surface area contributed by atoms with Gasteiger partial charge < -0.3 is 10.1 Å². The number of hydrogen-bond acceptors (Lipinski definition) is 2. The van der Waals surface area contributed by atoms with Gasteiger partial charge in [-0.3, -0.25) is 0 Å². The summed E-state index contributed by atoms with van der Waals surface area (Å²) >= 11 is 0. The lowest BCUT2D eigenvalue weighted by molar-refractivity contribution is 0.171. The highest BCUT2D eigenvalue weighted by Crippen LogP contribution is 2.03. The molecule has 1 aromatic carbocycles. The Hall–Kier alpha value is -0.380. The predicted octanol–water partition coefficient (Wildman–Crippen LogP) is 2.70. The fourth-order valence-corrected chi connectivity index (χ4v) is 1.42. The van der Waals surface area contributed by atoms with Crippen molar-refractivity contribution in [3.05, 3.63) is 35.4 Å². The van der Waals surface area contributed by atoms with Crippen LogP contribution in [0.4, 0.5) is 0 Å². The van der Waals surface area contributed by atoms with E-state index in [1.165, 1.54) is 11.1 Å². The van der Waals surface area contributed by atoms with Crippen LogP contribution in [0, 0.1) is 6.92 Å². The second-order valence-electron chi connectivity index (χ2n) is 3.73. The van der Waals surface area contributed by atoms with Gasteiger partial charge in [-0.2, -0.15) is 0 Å². The van der Waals surface area contributed by atoms with Crippen LogP contribution in [-0.4, -0.2) is 19.8 Å². The van der Waals surface area contributed by atoms with Crippen LogP contribution in [0.15, 0.2) is 24.3 Å². The van der Waals surface area contributed by atoms with Crippen LogP contribution in [0.3, 0.4) is 0 Å². The van der Waals surface area contributed by atoms with Gasteiger partial charge in [0, 0.05) is 19.7 Å². The van der Waals surface area contributed by atoms with E-state index in [2.05, 4.69) is 43.4 Å². The van der Waals surface area contributed by atoms with Gasteiger partial charge in [-0.15, -0.1) is 17.0 Å². The van der Waals surface area contributed by atoms with E-state index in [1.54, 1.807) is 7.11 Å². The Labute approximate surface area is 103 Å². The number of ether oxygens (including phenoxy) is 1. The zero-order valence-corrected chi connectivity index (χ0v) is 11.3. The molecular weight excluding hydrogens is 254 g/mol. The Morgan fingerprint density at radius 2 is 2.13 bits per heavy atom. The molecule has 3 heteroatoms. The molecule has 86 valence electrons. The van der Waals surface area contributed by atoms with Crippen molar-refractivity contribution < 1.29 is 4.74 Å². The molecule has 0 spiro atoms. The monoisotopic (exact) mass is 273 g/mol. The van der Waals surface area contributed by atoms with Gasteiger partial charge in [-0.05, 0) is 19.4 Å². The Morgan fingerprint density at radius 3 is 2.73 bits per heavy atom. The molecule has 2 nitrogen and oxygen atoms in total. The second kappa shape index (κ2) is 7.85. The van der Waals surface area contributed by atoms with E-state index in [0.717, 1.165) is 13.2 Å². The molecule has 0 saturated heterocycles. The normalized spacial score (nSPS) is 11.9. The quantitative estimate of drug-likeness (QED) is 0.891. The van der Waals surface area contributed by atoms with Gasteiger partial charge in [-0.25, -0.2) is 0 Å². The summed E-state index contributed by atoms with van der Waals surface area (Å²) in [5.74, 6) is 0. The first-order valence-corrected chi connectivity index (χ1v) is 5.00. The Bertz CT molecular complexity index is 278. The number of benzene rings is 1. The molecule has 0 saturated carbocycles. The summed E-state index contributed by atoms with van der Waals surface area (Å²) < 4.78 is 5.05. The van der Waals surface area contributed by atoms with E-state index in [1.807, 2.05) is 0 Å². The van der Waals surface area contributed by atoms with Crippen LogP contribution in [0.25, 0.3) is 0 Å². The third-order valence-corrected chi connectivity index (χ3v) is 2.15. The highest BCUT2D eigenvalue weighted by atomic mass is 79.9. The first kappa shape index (κ1) is 14.6. The van der Waals surface area contributed by atoms with Gasteiger partial charge in [0.15, 0.2) is 0 Å². The molecule has 0 amide bonds. The minimum Gasteiger partial charge on any atom is -0.383 e. The fraction of sp³-hybridized carbons (Fsp3) is 0.500. The molecule has 0 heterocycles. The number of hydrogen-bond donors (Lipinski definition) is 1. The molecule has 1 atom stereocenters. The fourth-order valence-electron chi connectivity index (χ4n) is 1.42. The Balaban J connectivity index is 0.00000196. The smallest absolute Gasteiger partial charge is 0.0613 e. The van der Waals surface area contributed by atoms with E-state index in [-0.39, 0.29) is 17.0 Å². The molecule has 1 unspecified atom stereocenters. The molecule has 0 radical (unpaired) electrons. The summed E-state index contributed by atoms with van der Waals surface area (Å²) in [5.41, 5.74) is 2.64. The van der Waals surface area contributed by atoms with Crippen molar-refractivity contribution in [1.29, 1.82) is 0 Å². The largest absolute Gasteiger partial charge is 0.383 e.